The summed E-state index contributed by atoms with van der Waals surface area (Å²) >= 11 is 0. The number of benzene rings is 1. The van der Waals surface area contributed by atoms with E-state index < -0.39 is 48.5 Å². The number of amides is 2. The lowest BCUT2D eigenvalue weighted by atomic mass is 9.84. The molecule has 2 amide bonds. The van der Waals surface area contributed by atoms with Gasteiger partial charge in [0, 0.05) is 10.2 Å². The minimum absolute atomic E-state index is 0.00891. The molecule has 4 atom stereocenters. The van der Waals surface area contributed by atoms with Gasteiger partial charge in [-0.05, 0) is 58.4 Å². The van der Waals surface area contributed by atoms with E-state index in [4.69, 9.17) is 15.0 Å². The number of ether oxygens (including phenoxy) is 2. The van der Waals surface area contributed by atoms with Crippen molar-refractivity contribution in [3.8, 4) is 0 Å². The van der Waals surface area contributed by atoms with Crippen LogP contribution in [0.1, 0.15) is 70.8 Å². The van der Waals surface area contributed by atoms with E-state index in [1.807, 2.05) is 23.5 Å². The molecule has 170 valence electrons. The van der Waals surface area contributed by atoms with Crippen LogP contribution in [-0.4, -0.2) is 46.6 Å². The number of alkyl carbamates (subject to hydrolysis) is 1. The van der Waals surface area contributed by atoms with Crippen LogP contribution in [0.3, 0.4) is 0 Å². The Morgan fingerprint density at radius 3 is 2.61 bits per heavy atom. The second-order valence-electron chi connectivity index (χ2n) is 9.17. The first kappa shape index (κ1) is 18.0. The van der Waals surface area contributed by atoms with E-state index in [1.54, 1.807) is 32.9 Å². The highest BCUT2D eigenvalue weighted by atomic mass is 16.6. The number of fused-ring (bicyclic) bond motifs is 1. The SMILES string of the molecule is [2H]C([2H])([2H])C([2H])(NC(=O)OC(C)(C)C)C(=O)N1[C@H](C(=O)OCc2ccccc2)C[C@@H]2CCCC[C@@H]21. The molecule has 1 aromatic carbocycles. The summed E-state index contributed by atoms with van der Waals surface area (Å²) in [6, 6.07) is 4.61. The third kappa shape index (κ3) is 5.99. The van der Waals surface area contributed by atoms with Crippen LogP contribution in [0.25, 0.3) is 0 Å². The number of rotatable bonds is 5. The molecule has 1 saturated heterocycles. The van der Waals surface area contributed by atoms with Gasteiger partial charge in [0.25, 0.3) is 0 Å². The highest BCUT2D eigenvalue weighted by molar-refractivity contribution is 5.90. The van der Waals surface area contributed by atoms with Gasteiger partial charge in [-0.2, -0.15) is 0 Å². The summed E-state index contributed by atoms with van der Waals surface area (Å²) in [6.07, 6.45) is 2.26. The molecule has 1 unspecified atom stereocenters. The molecule has 7 heteroatoms. The molecular weight excluding hydrogens is 396 g/mol. The Balaban J connectivity index is 1.88. The fraction of sp³-hybridized carbons (Fsp3) is 0.625. The van der Waals surface area contributed by atoms with Crippen LogP contribution in [0.5, 0.6) is 0 Å². The van der Waals surface area contributed by atoms with Crippen molar-refractivity contribution in [1.29, 1.82) is 0 Å². The van der Waals surface area contributed by atoms with E-state index in [0.717, 1.165) is 24.8 Å². The number of hydrogen-bond donors (Lipinski definition) is 1. The van der Waals surface area contributed by atoms with Crippen molar-refractivity contribution < 1.29 is 29.3 Å². The number of carbonyl (C=O) groups excluding carboxylic acids is 3. The molecule has 1 aliphatic carbocycles. The maximum atomic E-state index is 13.8. The van der Waals surface area contributed by atoms with Crippen molar-refractivity contribution >= 4 is 18.0 Å². The molecule has 0 radical (unpaired) electrons. The quantitative estimate of drug-likeness (QED) is 0.713. The second kappa shape index (κ2) is 9.71. The van der Waals surface area contributed by atoms with Crippen LogP contribution < -0.4 is 5.32 Å². The Labute approximate surface area is 190 Å². The monoisotopic (exact) mass is 434 g/mol. The van der Waals surface area contributed by atoms with Gasteiger partial charge in [0.05, 0.1) is 1.37 Å². The number of nitrogens with one attached hydrogen (secondary N) is 1. The third-order valence-electron chi connectivity index (χ3n) is 5.66. The highest BCUT2D eigenvalue weighted by Gasteiger charge is 2.49. The summed E-state index contributed by atoms with van der Waals surface area (Å²) in [5.74, 6) is -1.81. The van der Waals surface area contributed by atoms with E-state index in [0.29, 0.717) is 12.8 Å². The van der Waals surface area contributed by atoms with Crippen LogP contribution in [0.15, 0.2) is 30.3 Å². The Bertz CT molecular complexity index is 934. The summed E-state index contributed by atoms with van der Waals surface area (Å²) in [7, 11) is 0. The lowest BCUT2D eigenvalue weighted by Crippen LogP contribution is -2.54. The van der Waals surface area contributed by atoms with Gasteiger partial charge in [-0.3, -0.25) is 4.79 Å². The Hall–Kier alpha value is -2.57. The Morgan fingerprint density at radius 2 is 1.94 bits per heavy atom. The molecule has 0 spiro atoms. The molecule has 0 bridgehead atoms. The van der Waals surface area contributed by atoms with Gasteiger partial charge in [0.1, 0.15) is 24.3 Å². The zero-order chi connectivity index (χ0) is 26.0. The summed E-state index contributed by atoms with van der Waals surface area (Å²) in [5, 5.41) is 1.98. The first-order valence-corrected chi connectivity index (χ1v) is 10.8. The lowest BCUT2D eigenvalue weighted by molar-refractivity contribution is -0.156. The van der Waals surface area contributed by atoms with Crippen LogP contribution in [-0.2, 0) is 25.7 Å². The summed E-state index contributed by atoms with van der Waals surface area (Å²) in [4.78, 5) is 40.5. The van der Waals surface area contributed by atoms with Crippen LogP contribution in [0.2, 0.25) is 0 Å². The standard InChI is InChI=1S/C24H34N2O5/c1-16(25-23(29)31-24(2,3)4)21(27)26-19-13-9-8-12-18(19)14-20(26)22(28)30-15-17-10-6-5-7-11-17/h5-7,10-11,16,18-20H,8-9,12-15H2,1-4H3,(H,25,29)/t16?,18-,19-,20-/m0/s1/i1D3,16D. The predicted octanol–water partition coefficient (Wildman–Crippen LogP) is 3.80. The molecule has 1 aliphatic heterocycles. The second-order valence-corrected chi connectivity index (χ2v) is 9.17. The van der Waals surface area contributed by atoms with E-state index in [2.05, 4.69) is 0 Å². The molecule has 0 aromatic heterocycles. The number of likely N-dealkylation sites (tertiary alicyclic amines) is 1. The van der Waals surface area contributed by atoms with Crippen LogP contribution in [0.4, 0.5) is 4.79 Å². The smallest absolute Gasteiger partial charge is 0.408 e. The number of hydrogen-bond acceptors (Lipinski definition) is 5. The maximum absolute atomic E-state index is 13.8. The summed E-state index contributed by atoms with van der Waals surface area (Å²) in [5.41, 5.74) is -0.188. The fourth-order valence-corrected chi connectivity index (χ4v) is 4.38. The van der Waals surface area contributed by atoms with Crippen molar-refractivity contribution in [2.24, 2.45) is 5.92 Å². The average molecular weight is 435 g/mol. The Morgan fingerprint density at radius 1 is 1.23 bits per heavy atom. The molecule has 2 fully saturated rings. The van der Waals surface area contributed by atoms with Gasteiger partial charge < -0.3 is 19.7 Å². The van der Waals surface area contributed by atoms with E-state index in [-0.39, 0.29) is 12.5 Å². The third-order valence-corrected chi connectivity index (χ3v) is 5.66. The van der Waals surface area contributed by atoms with Crippen molar-refractivity contribution in [2.75, 3.05) is 0 Å². The molecule has 7 nitrogen and oxygen atoms in total. The fourth-order valence-electron chi connectivity index (χ4n) is 4.38. The molecule has 1 heterocycles. The van der Waals surface area contributed by atoms with Gasteiger partial charge in [0.15, 0.2) is 0 Å². The largest absolute Gasteiger partial charge is 0.459 e. The van der Waals surface area contributed by atoms with Gasteiger partial charge in [-0.1, -0.05) is 43.2 Å². The van der Waals surface area contributed by atoms with Crippen molar-refractivity contribution in [1.82, 2.24) is 10.2 Å². The maximum Gasteiger partial charge on any atom is 0.408 e. The van der Waals surface area contributed by atoms with Gasteiger partial charge in [-0.25, -0.2) is 9.59 Å². The zero-order valence-electron chi connectivity index (χ0n) is 22.3. The molecule has 1 saturated carbocycles. The molecule has 31 heavy (non-hydrogen) atoms. The van der Waals surface area contributed by atoms with Gasteiger partial charge in [-0.15, -0.1) is 0 Å². The topological polar surface area (TPSA) is 84.9 Å². The van der Waals surface area contributed by atoms with E-state index >= 15 is 0 Å². The highest BCUT2D eigenvalue weighted by Crippen LogP contribution is 2.40. The van der Waals surface area contributed by atoms with E-state index in [1.165, 1.54) is 4.90 Å². The average Bonchev–Trinajstić information content (AvgIpc) is 3.15. The Kier molecular flexibility index (Phi) is 5.65. The molecule has 1 N–H and O–H groups in total. The lowest BCUT2D eigenvalue weighted by Gasteiger charge is -2.35. The predicted molar refractivity (Wildman–Crippen MR) is 116 cm³/mol. The minimum Gasteiger partial charge on any atom is -0.459 e. The minimum atomic E-state index is -3.22. The normalized spacial score (nSPS) is 27.5. The first-order chi connectivity index (χ1) is 16.2. The van der Waals surface area contributed by atoms with Crippen LogP contribution in [0, 0.1) is 5.92 Å². The number of esters is 1. The molecule has 2 aliphatic rings. The van der Waals surface area contributed by atoms with Crippen molar-refractivity contribution in [2.45, 2.75) is 90.0 Å². The zero-order valence-corrected chi connectivity index (χ0v) is 18.3. The van der Waals surface area contributed by atoms with Gasteiger partial charge >= 0.3 is 12.1 Å². The summed E-state index contributed by atoms with van der Waals surface area (Å²) < 4.78 is 43.0. The molecule has 3 rings (SSSR count). The molecule has 1 aromatic rings. The number of carbonyl (C=O) groups is 3. The van der Waals surface area contributed by atoms with Crippen LogP contribution >= 0.6 is 0 Å². The first-order valence-electron chi connectivity index (χ1n) is 12.8. The molecular formula is C24H34N2O5. The van der Waals surface area contributed by atoms with Crippen molar-refractivity contribution in [3.63, 3.8) is 0 Å². The summed E-state index contributed by atoms with van der Waals surface area (Å²) in [6.45, 7) is 1.55. The number of nitrogens with zero attached hydrogens (tertiary/aromatic N) is 1. The van der Waals surface area contributed by atoms with E-state index in [9.17, 15) is 14.4 Å². The van der Waals surface area contributed by atoms with Gasteiger partial charge in [0.2, 0.25) is 5.91 Å². The van der Waals surface area contributed by atoms with Crippen molar-refractivity contribution in [3.05, 3.63) is 35.9 Å².